The lowest BCUT2D eigenvalue weighted by Crippen LogP contribution is -2.28. The van der Waals surface area contributed by atoms with Crippen molar-refractivity contribution in [2.75, 3.05) is 19.0 Å². The molecule has 1 aromatic heterocycles. The van der Waals surface area contributed by atoms with Crippen LogP contribution in [-0.2, 0) is 16.1 Å². The molecule has 2 heterocycles. The number of benzene rings is 1. The van der Waals surface area contributed by atoms with E-state index in [0.29, 0.717) is 30.2 Å². The molecule has 0 saturated carbocycles. The fraction of sp³-hybridized carbons (Fsp3) is 0.333. The van der Waals surface area contributed by atoms with Crippen LogP contribution >= 0.6 is 0 Å². The number of nitrogens with one attached hydrogen (secondary N) is 1. The fourth-order valence-electron chi connectivity index (χ4n) is 2.67. The molecule has 1 aliphatic heterocycles. The molecule has 0 aliphatic carbocycles. The summed E-state index contributed by atoms with van der Waals surface area (Å²) in [6.45, 7) is 1.01. The SMILES string of the molecule is CN(Cc1ccco1)C(=O)c1cccc(NC(=O)[C@H]2CCCO2)c1. The Labute approximate surface area is 140 Å². The number of carbonyl (C=O) groups is 2. The highest BCUT2D eigenvalue weighted by Crippen LogP contribution is 2.17. The molecule has 24 heavy (non-hydrogen) atoms. The van der Waals surface area contributed by atoms with E-state index in [2.05, 4.69) is 5.32 Å². The Hall–Kier alpha value is -2.60. The first-order valence-electron chi connectivity index (χ1n) is 7.94. The second-order valence-electron chi connectivity index (χ2n) is 5.81. The number of anilines is 1. The lowest BCUT2D eigenvalue weighted by molar-refractivity contribution is -0.124. The average Bonchev–Trinajstić information content (AvgIpc) is 3.28. The molecule has 6 nitrogen and oxygen atoms in total. The molecule has 1 fully saturated rings. The molecule has 0 unspecified atom stereocenters. The zero-order chi connectivity index (χ0) is 16.9. The summed E-state index contributed by atoms with van der Waals surface area (Å²) in [5.74, 6) is 0.411. The predicted octanol–water partition coefficient (Wildman–Crippen LogP) is 2.67. The number of ether oxygens (including phenoxy) is 1. The van der Waals surface area contributed by atoms with E-state index in [-0.39, 0.29) is 11.8 Å². The molecular weight excluding hydrogens is 308 g/mol. The molecule has 0 bridgehead atoms. The minimum absolute atomic E-state index is 0.139. The largest absolute Gasteiger partial charge is 0.467 e. The quantitative estimate of drug-likeness (QED) is 0.916. The molecular formula is C18H20N2O4. The zero-order valence-corrected chi connectivity index (χ0v) is 13.5. The van der Waals surface area contributed by atoms with Crippen LogP contribution in [0.1, 0.15) is 29.0 Å². The monoisotopic (exact) mass is 328 g/mol. The summed E-state index contributed by atoms with van der Waals surface area (Å²) in [5, 5.41) is 2.81. The Morgan fingerprint density at radius 1 is 1.29 bits per heavy atom. The summed E-state index contributed by atoms with van der Waals surface area (Å²) >= 11 is 0. The summed E-state index contributed by atoms with van der Waals surface area (Å²) < 4.78 is 10.6. The summed E-state index contributed by atoms with van der Waals surface area (Å²) in [6, 6.07) is 10.5. The first kappa shape index (κ1) is 16.3. The molecule has 0 radical (unpaired) electrons. The van der Waals surface area contributed by atoms with Gasteiger partial charge in [-0.25, -0.2) is 0 Å². The van der Waals surface area contributed by atoms with E-state index in [1.807, 2.05) is 6.07 Å². The van der Waals surface area contributed by atoms with E-state index in [0.717, 1.165) is 12.8 Å². The van der Waals surface area contributed by atoms with Gasteiger partial charge in [-0.2, -0.15) is 0 Å². The van der Waals surface area contributed by atoms with E-state index in [1.54, 1.807) is 48.5 Å². The molecule has 1 aliphatic rings. The highest BCUT2D eigenvalue weighted by molar-refractivity contribution is 5.98. The van der Waals surface area contributed by atoms with Gasteiger partial charge >= 0.3 is 0 Å². The summed E-state index contributed by atoms with van der Waals surface area (Å²) in [7, 11) is 1.71. The molecule has 0 spiro atoms. The lowest BCUT2D eigenvalue weighted by atomic mass is 10.1. The van der Waals surface area contributed by atoms with Crippen LogP contribution in [0.15, 0.2) is 47.1 Å². The zero-order valence-electron chi connectivity index (χ0n) is 13.5. The molecule has 1 atom stereocenters. The highest BCUT2D eigenvalue weighted by atomic mass is 16.5. The van der Waals surface area contributed by atoms with Gasteiger partial charge in [-0.1, -0.05) is 6.07 Å². The number of hydrogen-bond acceptors (Lipinski definition) is 4. The van der Waals surface area contributed by atoms with Gasteiger partial charge < -0.3 is 19.4 Å². The highest BCUT2D eigenvalue weighted by Gasteiger charge is 2.23. The van der Waals surface area contributed by atoms with E-state index < -0.39 is 6.10 Å². The van der Waals surface area contributed by atoms with Gasteiger partial charge in [0.25, 0.3) is 11.8 Å². The summed E-state index contributed by atoms with van der Waals surface area (Å²) in [6.07, 6.45) is 2.81. The summed E-state index contributed by atoms with van der Waals surface area (Å²) in [5.41, 5.74) is 1.10. The molecule has 3 rings (SSSR count). The first-order chi connectivity index (χ1) is 11.6. The number of nitrogens with zero attached hydrogens (tertiary/aromatic N) is 1. The van der Waals surface area contributed by atoms with Gasteiger partial charge in [-0.3, -0.25) is 9.59 Å². The number of amides is 2. The van der Waals surface area contributed by atoms with E-state index in [4.69, 9.17) is 9.15 Å². The van der Waals surface area contributed by atoms with Gasteiger partial charge in [-0.05, 0) is 43.2 Å². The topological polar surface area (TPSA) is 71.8 Å². The third-order valence-electron chi connectivity index (χ3n) is 3.92. The molecule has 126 valence electrons. The maximum absolute atomic E-state index is 12.5. The molecule has 1 saturated heterocycles. The molecule has 2 aromatic rings. The molecule has 2 amide bonds. The maximum atomic E-state index is 12.5. The van der Waals surface area contributed by atoms with Crippen LogP contribution in [0.5, 0.6) is 0 Å². The van der Waals surface area contributed by atoms with Crippen LogP contribution in [-0.4, -0.2) is 36.5 Å². The second kappa shape index (κ2) is 7.31. The number of rotatable bonds is 5. The third-order valence-corrected chi connectivity index (χ3v) is 3.92. The Morgan fingerprint density at radius 2 is 2.17 bits per heavy atom. The van der Waals surface area contributed by atoms with Gasteiger partial charge in [0.1, 0.15) is 11.9 Å². The number of carbonyl (C=O) groups excluding carboxylic acids is 2. The predicted molar refractivity (Wildman–Crippen MR) is 88.6 cm³/mol. The maximum Gasteiger partial charge on any atom is 0.254 e. The Balaban J connectivity index is 1.65. The van der Waals surface area contributed by atoms with Crippen molar-refractivity contribution in [1.82, 2.24) is 4.90 Å². The molecule has 6 heteroatoms. The number of hydrogen-bond donors (Lipinski definition) is 1. The minimum Gasteiger partial charge on any atom is -0.467 e. The fourth-order valence-corrected chi connectivity index (χ4v) is 2.67. The third kappa shape index (κ3) is 3.83. The van der Waals surface area contributed by atoms with Crippen molar-refractivity contribution in [3.63, 3.8) is 0 Å². The van der Waals surface area contributed by atoms with Crippen LogP contribution < -0.4 is 5.32 Å². The first-order valence-corrected chi connectivity index (χ1v) is 7.94. The van der Waals surface area contributed by atoms with Crippen LogP contribution in [0.2, 0.25) is 0 Å². The summed E-state index contributed by atoms with van der Waals surface area (Å²) in [4.78, 5) is 26.2. The van der Waals surface area contributed by atoms with Crippen LogP contribution in [0, 0.1) is 0 Å². The average molecular weight is 328 g/mol. The van der Waals surface area contributed by atoms with Crippen molar-refractivity contribution in [1.29, 1.82) is 0 Å². The van der Waals surface area contributed by atoms with Crippen molar-refractivity contribution in [2.24, 2.45) is 0 Å². The van der Waals surface area contributed by atoms with Gasteiger partial charge in [0, 0.05) is 24.9 Å². The smallest absolute Gasteiger partial charge is 0.254 e. The second-order valence-corrected chi connectivity index (χ2v) is 5.81. The lowest BCUT2D eigenvalue weighted by Gasteiger charge is -2.16. The van der Waals surface area contributed by atoms with E-state index in [9.17, 15) is 9.59 Å². The molecule has 1 N–H and O–H groups in total. The van der Waals surface area contributed by atoms with Crippen LogP contribution in [0.4, 0.5) is 5.69 Å². The van der Waals surface area contributed by atoms with Crippen molar-refractivity contribution in [2.45, 2.75) is 25.5 Å². The Morgan fingerprint density at radius 3 is 2.88 bits per heavy atom. The normalized spacial score (nSPS) is 16.8. The van der Waals surface area contributed by atoms with Gasteiger partial charge in [0.15, 0.2) is 0 Å². The van der Waals surface area contributed by atoms with Crippen molar-refractivity contribution in [3.05, 3.63) is 54.0 Å². The van der Waals surface area contributed by atoms with Crippen molar-refractivity contribution >= 4 is 17.5 Å². The Kier molecular flexibility index (Phi) is 4.96. The van der Waals surface area contributed by atoms with Gasteiger partial charge in [-0.15, -0.1) is 0 Å². The van der Waals surface area contributed by atoms with Gasteiger partial charge in [0.05, 0.1) is 12.8 Å². The minimum atomic E-state index is -0.397. The standard InChI is InChI=1S/C18H20N2O4/c1-20(12-15-7-3-9-23-15)18(22)13-5-2-6-14(11-13)19-17(21)16-8-4-10-24-16/h2-3,5-7,9,11,16H,4,8,10,12H2,1H3,(H,19,21)/t16-/m1/s1. The van der Waals surface area contributed by atoms with Gasteiger partial charge in [0.2, 0.25) is 0 Å². The van der Waals surface area contributed by atoms with Crippen LogP contribution in [0.3, 0.4) is 0 Å². The van der Waals surface area contributed by atoms with Crippen molar-refractivity contribution < 1.29 is 18.7 Å². The molecule has 1 aromatic carbocycles. The Bertz CT molecular complexity index is 706. The van der Waals surface area contributed by atoms with E-state index >= 15 is 0 Å². The number of furan rings is 1. The van der Waals surface area contributed by atoms with Crippen molar-refractivity contribution in [3.8, 4) is 0 Å². The van der Waals surface area contributed by atoms with E-state index in [1.165, 1.54) is 0 Å². The van der Waals surface area contributed by atoms with Crippen LogP contribution in [0.25, 0.3) is 0 Å².